The Labute approximate surface area is 132 Å². The lowest BCUT2D eigenvalue weighted by Gasteiger charge is -2.48. The lowest BCUT2D eigenvalue weighted by molar-refractivity contribution is 0.0355. The van der Waals surface area contributed by atoms with Gasteiger partial charge in [-0.05, 0) is 65.1 Å². The Balaban J connectivity index is 1.92. The SMILES string of the molecule is C=CCCCCCC(NC)C1(N2CCCCC2)CCCC1. The standard InChI is InChI=1S/C19H36N2/c1-3-4-5-6-8-13-18(20-2)19(14-9-10-15-19)21-16-11-7-12-17-21/h3,18,20H,1,4-17H2,2H3. The Morgan fingerprint density at radius 1 is 1.05 bits per heavy atom. The normalized spacial score (nSPS) is 24.0. The van der Waals surface area contributed by atoms with E-state index in [1.807, 2.05) is 0 Å². The number of hydrogen-bond donors (Lipinski definition) is 1. The minimum absolute atomic E-state index is 0.480. The summed E-state index contributed by atoms with van der Waals surface area (Å²) in [5.74, 6) is 0. The highest BCUT2D eigenvalue weighted by Crippen LogP contribution is 2.41. The Kier molecular flexibility index (Phi) is 7.25. The highest BCUT2D eigenvalue weighted by Gasteiger charge is 2.44. The number of allylic oxidation sites excluding steroid dienone is 1. The number of rotatable bonds is 9. The fourth-order valence-corrected chi connectivity index (χ4v) is 4.71. The van der Waals surface area contributed by atoms with Crippen LogP contribution in [0.5, 0.6) is 0 Å². The van der Waals surface area contributed by atoms with E-state index in [1.54, 1.807) is 0 Å². The zero-order valence-corrected chi connectivity index (χ0v) is 14.2. The lowest BCUT2D eigenvalue weighted by atomic mass is 9.82. The van der Waals surface area contributed by atoms with Crippen molar-refractivity contribution in [2.24, 2.45) is 0 Å². The van der Waals surface area contributed by atoms with E-state index in [1.165, 1.54) is 90.1 Å². The number of unbranched alkanes of at least 4 members (excludes halogenated alkanes) is 3. The minimum Gasteiger partial charge on any atom is -0.315 e. The zero-order valence-electron chi connectivity index (χ0n) is 14.2. The van der Waals surface area contributed by atoms with Crippen LogP contribution in [0.4, 0.5) is 0 Å². The van der Waals surface area contributed by atoms with Crippen molar-refractivity contribution >= 4 is 0 Å². The van der Waals surface area contributed by atoms with Crippen molar-refractivity contribution in [1.82, 2.24) is 10.2 Å². The van der Waals surface area contributed by atoms with Crippen LogP contribution in [0.25, 0.3) is 0 Å². The van der Waals surface area contributed by atoms with E-state index >= 15 is 0 Å². The number of nitrogens with one attached hydrogen (secondary N) is 1. The Morgan fingerprint density at radius 2 is 1.76 bits per heavy atom. The van der Waals surface area contributed by atoms with Crippen molar-refractivity contribution in [3.8, 4) is 0 Å². The summed E-state index contributed by atoms with van der Waals surface area (Å²) >= 11 is 0. The van der Waals surface area contributed by atoms with Crippen molar-refractivity contribution in [2.45, 2.75) is 88.6 Å². The topological polar surface area (TPSA) is 15.3 Å². The predicted octanol–water partition coefficient (Wildman–Crippen LogP) is 4.51. The predicted molar refractivity (Wildman–Crippen MR) is 92.8 cm³/mol. The molecule has 1 aliphatic heterocycles. The van der Waals surface area contributed by atoms with Crippen molar-refractivity contribution < 1.29 is 0 Å². The molecule has 2 fully saturated rings. The first-order valence-electron chi connectivity index (χ1n) is 9.37. The van der Waals surface area contributed by atoms with E-state index in [0.29, 0.717) is 11.6 Å². The molecule has 0 aromatic rings. The van der Waals surface area contributed by atoms with Crippen LogP contribution in [0.2, 0.25) is 0 Å². The summed E-state index contributed by atoms with van der Waals surface area (Å²) in [7, 11) is 2.19. The largest absolute Gasteiger partial charge is 0.315 e. The number of piperidine rings is 1. The second kappa shape index (κ2) is 8.95. The number of nitrogens with zero attached hydrogens (tertiary/aromatic N) is 1. The van der Waals surface area contributed by atoms with Gasteiger partial charge in [0.2, 0.25) is 0 Å². The summed E-state index contributed by atoms with van der Waals surface area (Å²) in [6.45, 7) is 6.51. The van der Waals surface area contributed by atoms with Gasteiger partial charge in [0.05, 0.1) is 0 Å². The molecule has 0 radical (unpaired) electrons. The number of likely N-dealkylation sites (tertiary alicyclic amines) is 1. The maximum atomic E-state index is 3.83. The van der Waals surface area contributed by atoms with Gasteiger partial charge in [0, 0.05) is 11.6 Å². The van der Waals surface area contributed by atoms with Crippen LogP contribution < -0.4 is 5.32 Å². The zero-order chi connectivity index (χ0) is 15.0. The van der Waals surface area contributed by atoms with E-state index in [4.69, 9.17) is 0 Å². The molecule has 2 aliphatic rings. The van der Waals surface area contributed by atoms with Crippen LogP contribution >= 0.6 is 0 Å². The Morgan fingerprint density at radius 3 is 2.38 bits per heavy atom. The van der Waals surface area contributed by atoms with Crippen LogP contribution in [-0.2, 0) is 0 Å². The third-order valence-electron chi connectivity index (χ3n) is 5.85. The summed E-state index contributed by atoms with van der Waals surface area (Å²) in [4.78, 5) is 2.87. The summed E-state index contributed by atoms with van der Waals surface area (Å²) < 4.78 is 0. The summed E-state index contributed by atoms with van der Waals surface area (Å²) in [5, 5.41) is 3.71. The maximum Gasteiger partial charge on any atom is 0.0362 e. The first kappa shape index (κ1) is 17.0. The quantitative estimate of drug-likeness (QED) is 0.497. The fourth-order valence-electron chi connectivity index (χ4n) is 4.71. The van der Waals surface area contributed by atoms with Gasteiger partial charge in [-0.1, -0.05) is 38.2 Å². The second-order valence-electron chi connectivity index (χ2n) is 7.13. The molecular weight excluding hydrogens is 256 g/mol. The molecule has 2 rings (SSSR count). The summed E-state index contributed by atoms with van der Waals surface area (Å²) in [5.41, 5.74) is 0.480. The first-order chi connectivity index (χ1) is 10.3. The van der Waals surface area contributed by atoms with Crippen LogP contribution in [0, 0.1) is 0 Å². The molecule has 1 heterocycles. The highest BCUT2D eigenvalue weighted by atomic mass is 15.2. The monoisotopic (exact) mass is 292 g/mol. The van der Waals surface area contributed by atoms with Crippen LogP contribution in [0.15, 0.2) is 12.7 Å². The average molecular weight is 293 g/mol. The molecule has 2 nitrogen and oxygen atoms in total. The van der Waals surface area contributed by atoms with E-state index in [9.17, 15) is 0 Å². The van der Waals surface area contributed by atoms with Gasteiger partial charge in [-0.2, -0.15) is 0 Å². The van der Waals surface area contributed by atoms with Gasteiger partial charge in [0.15, 0.2) is 0 Å². The van der Waals surface area contributed by atoms with Crippen molar-refractivity contribution in [3.63, 3.8) is 0 Å². The van der Waals surface area contributed by atoms with Gasteiger partial charge >= 0.3 is 0 Å². The molecule has 0 bridgehead atoms. The fraction of sp³-hybridized carbons (Fsp3) is 0.895. The molecule has 1 saturated carbocycles. The molecule has 0 aromatic carbocycles. The molecule has 1 aliphatic carbocycles. The van der Waals surface area contributed by atoms with Crippen LogP contribution in [-0.4, -0.2) is 36.6 Å². The molecule has 21 heavy (non-hydrogen) atoms. The van der Waals surface area contributed by atoms with Crippen LogP contribution in [0.1, 0.15) is 77.0 Å². The van der Waals surface area contributed by atoms with E-state index in [-0.39, 0.29) is 0 Å². The van der Waals surface area contributed by atoms with Gasteiger partial charge < -0.3 is 5.32 Å². The summed E-state index contributed by atoms with van der Waals surface area (Å²) in [6.07, 6.45) is 18.6. The molecule has 122 valence electrons. The van der Waals surface area contributed by atoms with Gasteiger partial charge in [-0.15, -0.1) is 6.58 Å². The third-order valence-corrected chi connectivity index (χ3v) is 5.85. The maximum absolute atomic E-state index is 3.83. The second-order valence-corrected chi connectivity index (χ2v) is 7.13. The van der Waals surface area contributed by atoms with E-state index < -0.39 is 0 Å². The Bertz CT molecular complexity index is 288. The molecule has 1 N–H and O–H groups in total. The van der Waals surface area contributed by atoms with Crippen molar-refractivity contribution in [2.75, 3.05) is 20.1 Å². The van der Waals surface area contributed by atoms with Crippen molar-refractivity contribution in [1.29, 1.82) is 0 Å². The van der Waals surface area contributed by atoms with Crippen molar-refractivity contribution in [3.05, 3.63) is 12.7 Å². The molecular formula is C19H36N2. The number of likely N-dealkylation sites (N-methyl/N-ethyl adjacent to an activating group) is 1. The number of hydrogen-bond acceptors (Lipinski definition) is 2. The van der Waals surface area contributed by atoms with Gasteiger partial charge in [-0.25, -0.2) is 0 Å². The van der Waals surface area contributed by atoms with Crippen LogP contribution in [0.3, 0.4) is 0 Å². The molecule has 2 heteroatoms. The smallest absolute Gasteiger partial charge is 0.0362 e. The van der Waals surface area contributed by atoms with E-state index in [0.717, 1.165) is 0 Å². The lowest BCUT2D eigenvalue weighted by Crippen LogP contribution is -2.60. The third kappa shape index (κ3) is 4.32. The molecule has 1 atom stereocenters. The minimum atomic E-state index is 0.480. The highest BCUT2D eigenvalue weighted by molar-refractivity contribution is 5.03. The Hall–Kier alpha value is -0.340. The molecule has 1 unspecified atom stereocenters. The van der Waals surface area contributed by atoms with Gasteiger partial charge in [0.25, 0.3) is 0 Å². The first-order valence-corrected chi connectivity index (χ1v) is 9.37. The van der Waals surface area contributed by atoms with Gasteiger partial charge in [-0.3, -0.25) is 4.90 Å². The van der Waals surface area contributed by atoms with Gasteiger partial charge in [0.1, 0.15) is 0 Å². The molecule has 1 saturated heterocycles. The molecule has 0 amide bonds. The summed E-state index contributed by atoms with van der Waals surface area (Å²) in [6, 6.07) is 0.696. The molecule has 0 spiro atoms. The molecule has 0 aromatic heterocycles. The average Bonchev–Trinajstić information content (AvgIpc) is 3.02. The van der Waals surface area contributed by atoms with E-state index in [2.05, 4.69) is 29.9 Å².